The van der Waals surface area contributed by atoms with E-state index in [0.717, 1.165) is 76.9 Å². The van der Waals surface area contributed by atoms with Gasteiger partial charge in [-0.1, -0.05) is 33.8 Å². The predicted octanol–water partition coefficient (Wildman–Crippen LogP) is 3.89. The third-order valence-electron chi connectivity index (χ3n) is 7.49. The molecule has 196 valence electrons. The smallest absolute Gasteiger partial charge is 0.245 e. The molecule has 1 aromatic heterocycles. The topological polar surface area (TPSA) is 70.5 Å². The van der Waals surface area contributed by atoms with Gasteiger partial charge in [0.2, 0.25) is 11.8 Å². The van der Waals surface area contributed by atoms with Gasteiger partial charge in [0.15, 0.2) is 0 Å². The minimum absolute atomic E-state index is 0.108. The molecule has 3 heterocycles. The van der Waals surface area contributed by atoms with E-state index < -0.39 is 0 Å². The summed E-state index contributed by atoms with van der Waals surface area (Å²) < 4.78 is 2.23. The lowest BCUT2D eigenvalue weighted by Gasteiger charge is -2.42. The van der Waals surface area contributed by atoms with Crippen molar-refractivity contribution in [2.24, 2.45) is 17.8 Å². The van der Waals surface area contributed by atoms with E-state index in [9.17, 15) is 9.59 Å². The number of imidazole rings is 1. The fourth-order valence-electron chi connectivity index (χ4n) is 5.39. The van der Waals surface area contributed by atoms with Gasteiger partial charge < -0.3 is 19.7 Å². The van der Waals surface area contributed by atoms with Gasteiger partial charge in [-0.25, -0.2) is 4.98 Å². The molecule has 1 aromatic rings. The van der Waals surface area contributed by atoms with Crippen LogP contribution < -0.4 is 5.32 Å². The third kappa shape index (κ3) is 7.66. The van der Waals surface area contributed by atoms with Crippen LogP contribution in [-0.2, 0) is 22.6 Å². The zero-order chi connectivity index (χ0) is 25.4. The van der Waals surface area contributed by atoms with Crippen molar-refractivity contribution in [3.8, 4) is 0 Å². The third-order valence-corrected chi connectivity index (χ3v) is 7.49. The Morgan fingerprint density at radius 1 is 1.20 bits per heavy atom. The molecule has 0 aliphatic carbocycles. The van der Waals surface area contributed by atoms with E-state index in [4.69, 9.17) is 0 Å². The van der Waals surface area contributed by atoms with Crippen molar-refractivity contribution in [2.75, 3.05) is 26.2 Å². The van der Waals surface area contributed by atoms with Gasteiger partial charge in [-0.2, -0.15) is 0 Å². The molecule has 1 N–H and O–H groups in total. The standard InChI is InChI=1S/C28H47N5O2/c1-6-7-14-31-17-12-30-26(31)20-23-10-15-32(16-11-23)28(35)25(19-22(4)5)33-18-13-29-24(27(33)34)9-8-21(2)3/h6,12,17,21-25,29H,1,7-11,13-16,18-20H2,2-5H3/t24-,25-/m0/s1. The molecule has 7 nitrogen and oxygen atoms in total. The Labute approximate surface area is 212 Å². The maximum absolute atomic E-state index is 13.7. The average molecular weight is 486 g/mol. The lowest BCUT2D eigenvalue weighted by atomic mass is 9.91. The number of amides is 2. The fourth-order valence-corrected chi connectivity index (χ4v) is 5.39. The molecule has 0 unspecified atom stereocenters. The molecule has 2 aliphatic heterocycles. The molecule has 2 amide bonds. The first-order chi connectivity index (χ1) is 16.8. The summed E-state index contributed by atoms with van der Waals surface area (Å²) in [6, 6.07) is -0.510. The number of nitrogens with zero attached hydrogens (tertiary/aromatic N) is 4. The van der Waals surface area contributed by atoms with Crippen LogP contribution in [0.2, 0.25) is 0 Å². The lowest BCUT2D eigenvalue weighted by Crippen LogP contribution is -2.62. The highest BCUT2D eigenvalue weighted by Gasteiger charge is 2.39. The van der Waals surface area contributed by atoms with Crippen molar-refractivity contribution in [2.45, 2.75) is 91.3 Å². The number of aromatic nitrogens is 2. The van der Waals surface area contributed by atoms with Crippen molar-refractivity contribution in [3.63, 3.8) is 0 Å². The van der Waals surface area contributed by atoms with E-state index >= 15 is 0 Å². The predicted molar refractivity (Wildman–Crippen MR) is 141 cm³/mol. The van der Waals surface area contributed by atoms with Crippen molar-refractivity contribution >= 4 is 11.8 Å². The number of piperazine rings is 1. The Kier molecular flexibility index (Phi) is 10.4. The first kappa shape index (κ1) is 27.4. The summed E-state index contributed by atoms with van der Waals surface area (Å²) in [4.78, 5) is 35.6. The van der Waals surface area contributed by atoms with Crippen LogP contribution in [0.15, 0.2) is 25.0 Å². The summed E-state index contributed by atoms with van der Waals surface area (Å²) in [5.74, 6) is 2.84. The molecular weight excluding hydrogens is 438 g/mol. The molecule has 3 rings (SSSR count). The van der Waals surface area contributed by atoms with Gasteiger partial charge in [-0.15, -0.1) is 6.58 Å². The van der Waals surface area contributed by atoms with Crippen molar-refractivity contribution in [3.05, 3.63) is 30.9 Å². The lowest BCUT2D eigenvalue weighted by molar-refractivity contribution is -0.150. The first-order valence-electron chi connectivity index (χ1n) is 13.7. The normalized spacial score (nSPS) is 20.6. The molecule has 2 aliphatic rings. The molecular formula is C28H47N5O2. The maximum Gasteiger partial charge on any atom is 0.245 e. The Morgan fingerprint density at radius 2 is 1.94 bits per heavy atom. The van der Waals surface area contributed by atoms with Crippen molar-refractivity contribution in [1.29, 1.82) is 0 Å². The zero-order valence-corrected chi connectivity index (χ0v) is 22.4. The zero-order valence-electron chi connectivity index (χ0n) is 22.4. The number of rotatable bonds is 12. The van der Waals surface area contributed by atoms with Crippen LogP contribution in [0, 0.1) is 17.8 Å². The SMILES string of the molecule is C=CCCn1ccnc1CC1CCN(C(=O)[C@H](CC(C)C)N2CCN[C@@H](CCC(C)C)C2=O)CC1. The molecule has 0 spiro atoms. The highest BCUT2D eigenvalue weighted by atomic mass is 16.2. The summed E-state index contributed by atoms with van der Waals surface area (Å²) in [5, 5.41) is 3.40. The van der Waals surface area contributed by atoms with E-state index in [0.29, 0.717) is 24.3 Å². The maximum atomic E-state index is 13.7. The van der Waals surface area contributed by atoms with Crippen LogP contribution in [0.3, 0.4) is 0 Å². The second-order valence-electron chi connectivity index (χ2n) is 11.2. The molecule has 2 atom stereocenters. The fraction of sp³-hybridized carbons (Fsp3) is 0.750. The Morgan fingerprint density at radius 3 is 2.60 bits per heavy atom. The summed E-state index contributed by atoms with van der Waals surface area (Å²) in [5.41, 5.74) is 0. The van der Waals surface area contributed by atoms with E-state index in [1.165, 1.54) is 0 Å². The molecule has 2 fully saturated rings. The van der Waals surface area contributed by atoms with Gasteiger partial charge >= 0.3 is 0 Å². The molecule has 0 bridgehead atoms. The van der Waals surface area contributed by atoms with Crippen molar-refractivity contribution < 1.29 is 9.59 Å². The minimum atomic E-state index is -0.347. The van der Waals surface area contributed by atoms with Crippen LogP contribution in [0.4, 0.5) is 0 Å². The minimum Gasteiger partial charge on any atom is -0.341 e. The number of carbonyl (C=O) groups excluding carboxylic acids is 2. The van der Waals surface area contributed by atoms with Gasteiger partial charge in [0, 0.05) is 51.5 Å². The number of carbonyl (C=O) groups is 2. The quantitative estimate of drug-likeness (QED) is 0.456. The molecule has 0 saturated carbocycles. The van der Waals surface area contributed by atoms with E-state index in [1.54, 1.807) is 0 Å². The monoisotopic (exact) mass is 485 g/mol. The van der Waals surface area contributed by atoms with Gasteiger partial charge in [-0.05, 0) is 56.3 Å². The molecule has 2 saturated heterocycles. The summed E-state index contributed by atoms with van der Waals surface area (Å²) in [7, 11) is 0. The number of nitrogens with one attached hydrogen (secondary N) is 1. The van der Waals surface area contributed by atoms with E-state index in [-0.39, 0.29) is 23.9 Å². The summed E-state index contributed by atoms with van der Waals surface area (Å²) in [6.45, 7) is 16.3. The number of hydrogen-bond acceptors (Lipinski definition) is 4. The second kappa shape index (κ2) is 13.2. The first-order valence-corrected chi connectivity index (χ1v) is 13.7. The van der Waals surface area contributed by atoms with Gasteiger partial charge in [-0.3, -0.25) is 9.59 Å². The molecule has 7 heteroatoms. The van der Waals surface area contributed by atoms with E-state index in [1.807, 2.05) is 28.3 Å². The largest absolute Gasteiger partial charge is 0.341 e. The number of hydrogen-bond donors (Lipinski definition) is 1. The number of aryl methyl sites for hydroxylation is 1. The molecule has 35 heavy (non-hydrogen) atoms. The van der Waals surface area contributed by atoms with Gasteiger partial charge in [0.25, 0.3) is 0 Å². The van der Waals surface area contributed by atoms with Crippen LogP contribution in [-0.4, -0.2) is 69.4 Å². The number of allylic oxidation sites excluding steroid dienone is 1. The van der Waals surface area contributed by atoms with Crippen LogP contribution in [0.25, 0.3) is 0 Å². The summed E-state index contributed by atoms with van der Waals surface area (Å²) in [6.07, 6.45) is 12.3. The van der Waals surface area contributed by atoms with E-state index in [2.05, 4.69) is 49.1 Å². The second-order valence-corrected chi connectivity index (χ2v) is 11.2. The Balaban J connectivity index is 1.60. The highest BCUT2D eigenvalue weighted by Crippen LogP contribution is 2.25. The number of likely N-dealkylation sites (tertiary alicyclic amines) is 1. The van der Waals surface area contributed by atoms with Crippen LogP contribution in [0.5, 0.6) is 0 Å². The Hall–Kier alpha value is -2.15. The van der Waals surface area contributed by atoms with Gasteiger partial charge in [0.05, 0.1) is 6.04 Å². The molecule has 0 aromatic carbocycles. The van der Waals surface area contributed by atoms with Crippen LogP contribution >= 0.6 is 0 Å². The summed E-state index contributed by atoms with van der Waals surface area (Å²) >= 11 is 0. The van der Waals surface area contributed by atoms with Crippen molar-refractivity contribution in [1.82, 2.24) is 24.7 Å². The van der Waals surface area contributed by atoms with Gasteiger partial charge in [0.1, 0.15) is 11.9 Å². The van der Waals surface area contributed by atoms with Crippen LogP contribution in [0.1, 0.15) is 72.0 Å². The number of piperidine rings is 1. The average Bonchev–Trinajstić information content (AvgIpc) is 3.27. The highest BCUT2D eigenvalue weighted by molar-refractivity contribution is 5.90. The Bertz CT molecular complexity index is 825. The molecule has 0 radical (unpaired) electrons.